The average molecular weight is 343 g/mol. The lowest BCUT2D eigenvalue weighted by Crippen LogP contribution is -2.20. The first-order chi connectivity index (χ1) is 12.7. The maximum Gasteiger partial charge on any atom is 0.274 e. The zero-order valence-electron chi connectivity index (χ0n) is 14.3. The van der Waals surface area contributed by atoms with Crippen molar-refractivity contribution in [3.8, 4) is 6.07 Å². The summed E-state index contributed by atoms with van der Waals surface area (Å²) in [5.41, 5.74) is 2.24. The molecular weight excluding hydrogens is 326 g/mol. The number of anilines is 2. The third-order valence-electron chi connectivity index (χ3n) is 3.83. The summed E-state index contributed by atoms with van der Waals surface area (Å²) in [5.74, 6) is 0.257. The van der Waals surface area contributed by atoms with Gasteiger partial charge in [-0.2, -0.15) is 5.26 Å². The molecule has 0 aliphatic rings. The maximum absolute atomic E-state index is 12.5. The fraction of sp³-hybridized carbons (Fsp3) is 0.100. The molecule has 1 heterocycles. The van der Waals surface area contributed by atoms with Crippen LogP contribution in [0, 0.1) is 11.3 Å². The lowest BCUT2D eigenvalue weighted by Gasteiger charge is -2.18. The molecule has 0 aliphatic carbocycles. The Morgan fingerprint density at radius 1 is 1.12 bits per heavy atom. The van der Waals surface area contributed by atoms with E-state index in [0.717, 1.165) is 5.56 Å². The summed E-state index contributed by atoms with van der Waals surface area (Å²) >= 11 is 0. The van der Waals surface area contributed by atoms with Crippen LogP contribution in [-0.2, 0) is 6.54 Å². The highest BCUT2D eigenvalue weighted by Gasteiger charge is 2.13. The standard InChI is InChI=1S/C20H17N5O/c1-25(13-15-7-3-2-4-8-15)19-11-18(22-14-23-19)20(26)24-17-10-6-5-9-16(17)12-21/h2-11,14H,13H2,1H3,(H,24,26). The van der Waals surface area contributed by atoms with Gasteiger partial charge in [-0.1, -0.05) is 42.5 Å². The number of nitriles is 1. The first-order valence-electron chi connectivity index (χ1n) is 8.05. The Bertz CT molecular complexity index is 950. The minimum atomic E-state index is -0.385. The number of hydrogen-bond donors (Lipinski definition) is 1. The van der Waals surface area contributed by atoms with Crippen molar-refractivity contribution in [1.82, 2.24) is 9.97 Å². The van der Waals surface area contributed by atoms with Gasteiger partial charge in [-0.3, -0.25) is 4.79 Å². The van der Waals surface area contributed by atoms with Crippen molar-refractivity contribution in [2.75, 3.05) is 17.3 Å². The third kappa shape index (κ3) is 4.02. The molecule has 0 saturated heterocycles. The number of amides is 1. The van der Waals surface area contributed by atoms with E-state index in [-0.39, 0.29) is 11.6 Å². The van der Waals surface area contributed by atoms with Crippen LogP contribution in [0.15, 0.2) is 67.0 Å². The molecule has 1 N–H and O–H groups in total. The molecule has 3 aromatic rings. The average Bonchev–Trinajstić information content (AvgIpc) is 2.69. The van der Waals surface area contributed by atoms with Crippen molar-refractivity contribution >= 4 is 17.4 Å². The van der Waals surface area contributed by atoms with E-state index in [2.05, 4.69) is 21.4 Å². The van der Waals surface area contributed by atoms with Crippen molar-refractivity contribution in [3.63, 3.8) is 0 Å². The van der Waals surface area contributed by atoms with Crippen LogP contribution < -0.4 is 10.2 Å². The smallest absolute Gasteiger partial charge is 0.274 e. The van der Waals surface area contributed by atoms with E-state index >= 15 is 0 Å². The van der Waals surface area contributed by atoms with Crippen LogP contribution in [0.4, 0.5) is 11.5 Å². The van der Waals surface area contributed by atoms with Gasteiger partial charge in [0.2, 0.25) is 0 Å². The molecule has 2 aromatic carbocycles. The van der Waals surface area contributed by atoms with Crippen molar-refractivity contribution < 1.29 is 4.79 Å². The van der Waals surface area contributed by atoms with Gasteiger partial charge in [0.05, 0.1) is 11.3 Å². The molecule has 26 heavy (non-hydrogen) atoms. The number of para-hydroxylation sites is 1. The van der Waals surface area contributed by atoms with Crippen molar-refractivity contribution in [2.45, 2.75) is 6.54 Å². The second-order valence-corrected chi connectivity index (χ2v) is 5.71. The quantitative estimate of drug-likeness (QED) is 0.769. The van der Waals surface area contributed by atoms with Gasteiger partial charge < -0.3 is 10.2 Å². The van der Waals surface area contributed by atoms with Gasteiger partial charge >= 0.3 is 0 Å². The van der Waals surface area contributed by atoms with Crippen LogP contribution in [-0.4, -0.2) is 22.9 Å². The number of hydrogen-bond acceptors (Lipinski definition) is 5. The Labute approximate surface area is 151 Å². The Hall–Kier alpha value is -3.72. The molecule has 0 unspecified atom stereocenters. The Morgan fingerprint density at radius 3 is 2.62 bits per heavy atom. The van der Waals surface area contributed by atoms with Crippen LogP contribution >= 0.6 is 0 Å². The number of rotatable bonds is 5. The number of benzene rings is 2. The highest BCUT2D eigenvalue weighted by molar-refractivity contribution is 6.03. The van der Waals surface area contributed by atoms with E-state index in [0.29, 0.717) is 23.6 Å². The van der Waals surface area contributed by atoms with E-state index in [9.17, 15) is 4.79 Å². The molecular formula is C20H17N5O. The van der Waals surface area contributed by atoms with Gasteiger partial charge in [-0.05, 0) is 17.7 Å². The van der Waals surface area contributed by atoms with Gasteiger partial charge in [0.15, 0.2) is 0 Å². The molecule has 3 rings (SSSR count). The lowest BCUT2D eigenvalue weighted by atomic mass is 10.2. The van der Waals surface area contributed by atoms with Crippen LogP contribution in [0.3, 0.4) is 0 Å². The summed E-state index contributed by atoms with van der Waals surface area (Å²) in [7, 11) is 1.90. The zero-order chi connectivity index (χ0) is 18.4. The van der Waals surface area contributed by atoms with Crippen LogP contribution in [0.2, 0.25) is 0 Å². The molecule has 6 heteroatoms. The SMILES string of the molecule is CN(Cc1ccccc1)c1cc(C(=O)Nc2ccccc2C#N)ncn1. The number of nitrogens with zero attached hydrogens (tertiary/aromatic N) is 4. The molecule has 0 aliphatic heterocycles. The summed E-state index contributed by atoms with van der Waals surface area (Å²) in [4.78, 5) is 22.7. The first-order valence-corrected chi connectivity index (χ1v) is 8.05. The van der Waals surface area contributed by atoms with Crippen LogP contribution in [0.5, 0.6) is 0 Å². The molecule has 0 fully saturated rings. The fourth-order valence-corrected chi connectivity index (χ4v) is 2.49. The van der Waals surface area contributed by atoms with Gasteiger partial charge in [0.1, 0.15) is 23.9 Å². The second-order valence-electron chi connectivity index (χ2n) is 5.71. The molecule has 0 spiro atoms. The summed E-state index contributed by atoms with van der Waals surface area (Å²) in [6.45, 7) is 0.663. The number of carbonyl (C=O) groups is 1. The summed E-state index contributed by atoms with van der Waals surface area (Å²) in [6, 6.07) is 20.5. The zero-order valence-corrected chi connectivity index (χ0v) is 14.3. The lowest BCUT2D eigenvalue weighted by molar-refractivity contribution is 0.102. The predicted molar refractivity (Wildman–Crippen MR) is 99.7 cm³/mol. The number of nitrogens with one attached hydrogen (secondary N) is 1. The van der Waals surface area contributed by atoms with E-state index in [1.54, 1.807) is 30.3 Å². The normalized spacial score (nSPS) is 10.0. The van der Waals surface area contributed by atoms with E-state index in [1.807, 2.05) is 42.3 Å². The molecule has 0 radical (unpaired) electrons. The first kappa shape index (κ1) is 17.1. The molecule has 0 saturated carbocycles. The Kier molecular flexibility index (Phi) is 5.20. The molecule has 0 bridgehead atoms. The number of carbonyl (C=O) groups excluding carboxylic acids is 1. The van der Waals surface area contributed by atoms with Crippen molar-refractivity contribution in [1.29, 1.82) is 5.26 Å². The minimum Gasteiger partial charge on any atom is -0.355 e. The molecule has 128 valence electrons. The highest BCUT2D eigenvalue weighted by Crippen LogP contribution is 2.17. The van der Waals surface area contributed by atoms with Gasteiger partial charge in [-0.15, -0.1) is 0 Å². The largest absolute Gasteiger partial charge is 0.355 e. The van der Waals surface area contributed by atoms with Gasteiger partial charge in [0.25, 0.3) is 5.91 Å². The fourth-order valence-electron chi connectivity index (χ4n) is 2.49. The highest BCUT2D eigenvalue weighted by atomic mass is 16.1. The second kappa shape index (κ2) is 7.90. The number of aromatic nitrogens is 2. The molecule has 1 aromatic heterocycles. The maximum atomic E-state index is 12.5. The Balaban J connectivity index is 1.76. The predicted octanol–water partition coefficient (Wildman–Crippen LogP) is 3.24. The summed E-state index contributed by atoms with van der Waals surface area (Å²) < 4.78 is 0. The van der Waals surface area contributed by atoms with E-state index in [4.69, 9.17) is 5.26 Å². The van der Waals surface area contributed by atoms with Crippen molar-refractivity contribution in [3.05, 3.63) is 83.8 Å². The van der Waals surface area contributed by atoms with Crippen LogP contribution in [0.25, 0.3) is 0 Å². The Morgan fingerprint density at radius 2 is 1.85 bits per heavy atom. The summed E-state index contributed by atoms with van der Waals surface area (Å²) in [5, 5.41) is 11.8. The third-order valence-corrected chi connectivity index (χ3v) is 3.83. The molecule has 1 amide bonds. The van der Waals surface area contributed by atoms with E-state index in [1.165, 1.54) is 6.33 Å². The van der Waals surface area contributed by atoms with Crippen molar-refractivity contribution in [2.24, 2.45) is 0 Å². The van der Waals surface area contributed by atoms with E-state index < -0.39 is 0 Å². The molecule has 0 atom stereocenters. The minimum absolute atomic E-state index is 0.239. The topological polar surface area (TPSA) is 81.9 Å². The molecule has 6 nitrogen and oxygen atoms in total. The van der Waals surface area contributed by atoms with Gasteiger partial charge in [-0.25, -0.2) is 9.97 Å². The van der Waals surface area contributed by atoms with Gasteiger partial charge in [0, 0.05) is 19.7 Å². The van der Waals surface area contributed by atoms with Crippen LogP contribution in [0.1, 0.15) is 21.6 Å². The summed E-state index contributed by atoms with van der Waals surface area (Å²) in [6.07, 6.45) is 1.36. The monoisotopic (exact) mass is 343 g/mol.